The van der Waals surface area contributed by atoms with Crippen LogP contribution in [0.2, 0.25) is 0 Å². The van der Waals surface area contributed by atoms with Crippen LogP contribution in [0.25, 0.3) is 0 Å². The minimum atomic E-state index is 0.0187. The second-order valence-corrected chi connectivity index (χ2v) is 6.17. The molecule has 0 aromatic carbocycles. The summed E-state index contributed by atoms with van der Waals surface area (Å²) >= 11 is 1.99. The SMILES string of the molecule is CCSC1CCC(NC(=O)Cn2ccc(N)n2)C1. The largest absolute Gasteiger partial charge is 0.382 e. The molecular formula is C12H20N4OS. The molecule has 1 aromatic heterocycles. The zero-order valence-electron chi connectivity index (χ0n) is 10.6. The van der Waals surface area contributed by atoms with E-state index in [0.717, 1.165) is 18.6 Å². The fourth-order valence-electron chi connectivity index (χ4n) is 2.34. The first kappa shape index (κ1) is 13.3. The minimum absolute atomic E-state index is 0.0187. The molecule has 1 aromatic rings. The van der Waals surface area contributed by atoms with E-state index >= 15 is 0 Å². The van der Waals surface area contributed by atoms with Gasteiger partial charge in [0, 0.05) is 17.5 Å². The lowest BCUT2D eigenvalue weighted by Gasteiger charge is -2.13. The van der Waals surface area contributed by atoms with Crippen molar-refractivity contribution in [3.63, 3.8) is 0 Å². The molecule has 1 aliphatic rings. The lowest BCUT2D eigenvalue weighted by atomic mass is 10.2. The van der Waals surface area contributed by atoms with Crippen LogP contribution in [0.5, 0.6) is 0 Å². The molecule has 0 radical (unpaired) electrons. The molecule has 1 fully saturated rings. The number of carbonyl (C=O) groups is 1. The highest BCUT2D eigenvalue weighted by Gasteiger charge is 2.25. The number of aromatic nitrogens is 2. The number of hydrogen-bond donors (Lipinski definition) is 2. The molecule has 2 unspecified atom stereocenters. The summed E-state index contributed by atoms with van der Waals surface area (Å²) in [6, 6.07) is 2.02. The first-order valence-electron chi connectivity index (χ1n) is 6.37. The smallest absolute Gasteiger partial charge is 0.241 e. The first-order valence-corrected chi connectivity index (χ1v) is 7.42. The van der Waals surface area contributed by atoms with Gasteiger partial charge in [-0.05, 0) is 31.1 Å². The molecule has 18 heavy (non-hydrogen) atoms. The Morgan fingerprint density at radius 1 is 1.67 bits per heavy atom. The number of nitrogens with one attached hydrogen (secondary N) is 1. The number of amides is 1. The number of thioether (sulfide) groups is 1. The number of rotatable bonds is 5. The molecule has 1 aliphatic carbocycles. The fourth-order valence-corrected chi connectivity index (χ4v) is 3.49. The summed E-state index contributed by atoms with van der Waals surface area (Å²) in [5.41, 5.74) is 5.50. The average molecular weight is 268 g/mol. The van der Waals surface area contributed by atoms with Crippen LogP contribution in [0.15, 0.2) is 12.3 Å². The van der Waals surface area contributed by atoms with Gasteiger partial charge in [0.15, 0.2) is 0 Å². The molecule has 6 heteroatoms. The Morgan fingerprint density at radius 3 is 3.17 bits per heavy atom. The molecule has 1 heterocycles. The van der Waals surface area contributed by atoms with Crippen LogP contribution in [0.3, 0.4) is 0 Å². The van der Waals surface area contributed by atoms with E-state index in [1.165, 1.54) is 6.42 Å². The highest BCUT2D eigenvalue weighted by molar-refractivity contribution is 7.99. The number of carbonyl (C=O) groups excluding carboxylic acids is 1. The highest BCUT2D eigenvalue weighted by Crippen LogP contribution is 2.29. The van der Waals surface area contributed by atoms with E-state index < -0.39 is 0 Å². The van der Waals surface area contributed by atoms with Gasteiger partial charge in [0.25, 0.3) is 0 Å². The molecule has 0 saturated heterocycles. The summed E-state index contributed by atoms with van der Waals surface area (Å²) in [5.74, 6) is 1.62. The predicted octanol–water partition coefficient (Wildman–Crippen LogP) is 1.26. The maximum atomic E-state index is 11.8. The molecule has 3 N–H and O–H groups in total. The van der Waals surface area contributed by atoms with Crippen molar-refractivity contribution in [2.75, 3.05) is 11.5 Å². The second kappa shape index (κ2) is 6.13. The maximum absolute atomic E-state index is 11.8. The van der Waals surface area contributed by atoms with Gasteiger partial charge in [-0.25, -0.2) is 0 Å². The molecular weight excluding hydrogens is 248 g/mol. The molecule has 0 aliphatic heterocycles. The van der Waals surface area contributed by atoms with Crippen molar-refractivity contribution in [1.29, 1.82) is 0 Å². The van der Waals surface area contributed by atoms with E-state index in [1.807, 2.05) is 11.8 Å². The van der Waals surface area contributed by atoms with Gasteiger partial charge in [0.1, 0.15) is 12.4 Å². The number of nitrogens with two attached hydrogens (primary N) is 1. The Labute approximate surface area is 111 Å². The van der Waals surface area contributed by atoms with Crippen molar-refractivity contribution in [3.8, 4) is 0 Å². The number of nitrogens with zero attached hydrogens (tertiary/aromatic N) is 2. The molecule has 5 nitrogen and oxygen atoms in total. The number of nitrogen functional groups attached to an aromatic ring is 1. The van der Waals surface area contributed by atoms with Crippen molar-refractivity contribution in [1.82, 2.24) is 15.1 Å². The Balaban J connectivity index is 1.75. The van der Waals surface area contributed by atoms with E-state index in [0.29, 0.717) is 17.1 Å². The Kier molecular flexibility index (Phi) is 4.52. The lowest BCUT2D eigenvalue weighted by Crippen LogP contribution is -2.35. The highest BCUT2D eigenvalue weighted by atomic mass is 32.2. The summed E-state index contributed by atoms with van der Waals surface area (Å²) in [4.78, 5) is 11.8. The van der Waals surface area contributed by atoms with E-state index in [1.54, 1.807) is 16.9 Å². The molecule has 100 valence electrons. The second-order valence-electron chi connectivity index (χ2n) is 4.59. The van der Waals surface area contributed by atoms with Gasteiger partial charge in [-0.3, -0.25) is 9.48 Å². The summed E-state index contributed by atoms with van der Waals surface area (Å²) in [5, 5.41) is 7.78. The molecule has 0 spiro atoms. The third kappa shape index (κ3) is 3.66. The topological polar surface area (TPSA) is 72.9 Å². The van der Waals surface area contributed by atoms with E-state index in [4.69, 9.17) is 5.73 Å². The minimum Gasteiger partial charge on any atom is -0.382 e. The van der Waals surface area contributed by atoms with Crippen molar-refractivity contribution in [2.45, 2.75) is 44.0 Å². The van der Waals surface area contributed by atoms with E-state index in [2.05, 4.69) is 17.3 Å². The summed E-state index contributed by atoms with van der Waals surface area (Å²) in [6.07, 6.45) is 5.10. The van der Waals surface area contributed by atoms with Crippen LogP contribution in [-0.2, 0) is 11.3 Å². The zero-order valence-corrected chi connectivity index (χ0v) is 11.4. The average Bonchev–Trinajstić information content (AvgIpc) is 2.89. The third-order valence-electron chi connectivity index (χ3n) is 3.12. The monoisotopic (exact) mass is 268 g/mol. The van der Waals surface area contributed by atoms with Crippen molar-refractivity contribution in [2.24, 2.45) is 0 Å². The van der Waals surface area contributed by atoms with Crippen LogP contribution in [0.1, 0.15) is 26.2 Å². The normalized spacial score (nSPS) is 23.2. The van der Waals surface area contributed by atoms with Crippen molar-refractivity contribution >= 4 is 23.5 Å². The summed E-state index contributed by atoms with van der Waals surface area (Å²) in [6.45, 7) is 2.43. The Hall–Kier alpha value is -1.17. The summed E-state index contributed by atoms with van der Waals surface area (Å²) in [7, 11) is 0. The van der Waals surface area contributed by atoms with Crippen LogP contribution < -0.4 is 11.1 Å². The Bertz CT molecular complexity index is 407. The van der Waals surface area contributed by atoms with Gasteiger partial charge >= 0.3 is 0 Å². The van der Waals surface area contributed by atoms with Crippen LogP contribution in [0, 0.1) is 0 Å². The quantitative estimate of drug-likeness (QED) is 0.843. The van der Waals surface area contributed by atoms with Crippen LogP contribution >= 0.6 is 11.8 Å². The molecule has 2 atom stereocenters. The summed E-state index contributed by atoms with van der Waals surface area (Å²) < 4.78 is 1.57. The van der Waals surface area contributed by atoms with E-state index in [-0.39, 0.29) is 12.5 Å². The van der Waals surface area contributed by atoms with Gasteiger partial charge in [0.05, 0.1) is 0 Å². The van der Waals surface area contributed by atoms with Gasteiger partial charge < -0.3 is 11.1 Å². The van der Waals surface area contributed by atoms with Crippen molar-refractivity contribution < 1.29 is 4.79 Å². The fraction of sp³-hybridized carbons (Fsp3) is 0.667. The number of hydrogen-bond acceptors (Lipinski definition) is 4. The molecule has 1 saturated carbocycles. The van der Waals surface area contributed by atoms with Crippen molar-refractivity contribution in [3.05, 3.63) is 12.3 Å². The van der Waals surface area contributed by atoms with Gasteiger partial charge in [-0.2, -0.15) is 16.9 Å². The van der Waals surface area contributed by atoms with E-state index in [9.17, 15) is 4.79 Å². The first-order chi connectivity index (χ1) is 8.67. The number of anilines is 1. The zero-order chi connectivity index (χ0) is 13.0. The van der Waals surface area contributed by atoms with Crippen LogP contribution in [0.4, 0.5) is 5.82 Å². The Morgan fingerprint density at radius 2 is 2.50 bits per heavy atom. The molecule has 0 bridgehead atoms. The van der Waals surface area contributed by atoms with Gasteiger partial charge in [0.2, 0.25) is 5.91 Å². The molecule has 1 amide bonds. The lowest BCUT2D eigenvalue weighted by molar-refractivity contribution is -0.122. The third-order valence-corrected chi connectivity index (χ3v) is 4.35. The predicted molar refractivity (Wildman–Crippen MR) is 74.3 cm³/mol. The molecule has 2 rings (SSSR count). The maximum Gasteiger partial charge on any atom is 0.241 e. The van der Waals surface area contributed by atoms with Gasteiger partial charge in [-0.15, -0.1) is 0 Å². The standard InChI is InChI=1S/C12H20N4OS/c1-2-18-10-4-3-9(7-10)14-12(17)8-16-6-5-11(13)15-16/h5-6,9-10H,2-4,7-8H2,1H3,(H2,13,15)(H,14,17). The van der Waals surface area contributed by atoms with Crippen LogP contribution in [-0.4, -0.2) is 32.7 Å². The van der Waals surface area contributed by atoms with Gasteiger partial charge in [-0.1, -0.05) is 6.92 Å².